The molecule has 1 aromatic rings. The van der Waals surface area contributed by atoms with Crippen molar-refractivity contribution in [2.45, 2.75) is 20.3 Å². The normalized spacial score (nSPS) is 10.1. The molecule has 0 aliphatic rings. The van der Waals surface area contributed by atoms with E-state index in [-0.39, 0.29) is 0 Å². The number of hydrogen-bond donors (Lipinski definition) is 0. The van der Waals surface area contributed by atoms with Gasteiger partial charge in [0.05, 0.1) is 11.6 Å². The highest BCUT2D eigenvalue weighted by molar-refractivity contribution is 6.31. The van der Waals surface area contributed by atoms with Crippen molar-refractivity contribution >= 4 is 11.6 Å². The van der Waals surface area contributed by atoms with Crippen LogP contribution in [-0.2, 0) is 6.42 Å². The Balaban J connectivity index is 2.93. The van der Waals surface area contributed by atoms with Crippen molar-refractivity contribution in [2.24, 2.45) is 5.92 Å². The SMILES string of the molecule is CC(C)Cc1ccc(C#N)cc1Cl. The topological polar surface area (TPSA) is 23.8 Å². The van der Waals surface area contributed by atoms with Gasteiger partial charge in [0.15, 0.2) is 0 Å². The minimum atomic E-state index is 0.588. The van der Waals surface area contributed by atoms with Crippen molar-refractivity contribution in [1.29, 1.82) is 5.26 Å². The van der Waals surface area contributed by atoms with Crippen LogP contribution in [0.2, 0.25) is 5.02 Å². The molecular weight excluding hydrogens is 182 g/mol. The van der Waals surface area contributed by atoms with Crippen LogP contribution in [0, 0.1) is 17.2 Å². The molecule has 0 aromatic heterocycles. The number of nitrogens with zero attached hydrogens (tertiary/aromatic N) is 1. The minimum absolute atomic E-state index is 0.588. The molecule has 0 bridgehead atoms. The Kier molecular flexibility index (Phi) is 3.33. The summed E-state index contributed by atoms with van der Waals surface area (Å²) in [6.45, 7) is 4.29. The first-order valence-corrected chi connectivity index (χ1v) is 4.70. The second kappa shape index (κ2) is 4.30. The Bertz CT molecular complexity index is 336. The Morgan fingerprint density at radius 2 is 2.15 bits per heavy atom. The third kappa shape index (κ3) is 2.75. The molecule has 0 unspecified atom stereocenters. The average Bonchev–Trinajstić information content (AvgIpc) is 2.08. The van der Waals surface area contributed by atoms with E-state index in [0.717, 1.165) is 12.0 Å². The highest BCUT2D eigenvalue weighted by atomic mass is 35.5. The third-order valence-corrected chi connectivity index (χ3v) is 2.16. The summed E-state index contributed by atoms with van der Waals surface area (Å²) in [5, 5.41) is 9.33. The highest BCUT2D eigenvalue weighted by Crippen LogP contribution is 2.20. The lowest BCUT2D eigenvalue weighted by Crippen LogP contribution is -1.95. The van der Waals surface area contributed by atoms with E-state index < -0.39 is 0 Å². The van der Waals surface area contributed by atoms with Crippen LogP contribution in [0.4, 0.5) is 0 Å². The lowest BCUT2D eigenvalue weighted by molar-refractivity contribution is 0.647. The second-order valence-corrected chi connectivity index (χ2v) is 3.92. The monoisotopic (exact) mass is 193 g/mol. The van der Waals surface area contributed by atoms with E-state index in [0.29, 0.717) is 16.5 Å². The van der Waals surface area contributed by atoms with Gasteiger partial charge in [0, 0.05) is 5.02 Å². The number of hydrogen-bond acceptors (Lipinski definition) is 1. The maximum Gasteiger partial charge on any atom is 0.0992 e. The Morgan fingerprint density at radius 1 is 1.46 bits per heavy atom. The Morgan fingerprint density at radius 3 is 2.62 bits per heavy atom. The van der Waals surface area contributed by atoms with Crippen LogP contribution in [0.5, 0.6) is 0 Å². The molecule has 0 radical (unpaired) electrons. The van der Waals surface area contributed by atoms with E-state index in [1.54, 1.807) is 6.07 Å². The number of rotatable bonds is 2. The maximum absolute atomic E-state index is 8.63. The number of nitriles is 1. The zero-order chi connectivity index (χ0) is 9.84. The van der Waals surface area contributed by atoms with Gasteiger partial charge in [-0.15, -0.1) is 0 Å². The summed E-state index contributed by atoms with van der Waals surface area (Å²) < 4.78 is 0. The third-order valence-electron chi connectivity index (χ3n) is 1.81. The first-order chi connectivity index (χ1) is 6.13. The first-order valence-electron chi connectivity index (χ1n) is 4.32. The summed E-state index contributed by atoms with van der Waals surface area (Å²) >= 11 is 6.00. The molecule has 0 saturated carbocycles. The van der Waals surface area contributed by atoms with Gasteiger partial charge in [0.25, 0.3) is 0 Å². The van der Waals surface area contributed by atoms with Crippen molar-refractivity contribution < 1.29 is 0 Å². The van der Waals surface area contributed by atoms with E-state index >= 15 is 0 Å². The molecule has 1 aromatic carbocycles. The van der Waals surface area contributed by atoms with Gasteiger partial charge in [0.1, 0.15) is 0 Å². The molecule has 0 aliphatic heterocycles. The van der Waals surface area contributed by atoms with Gasteiger partial charge in [-0.25, -0.2) is 0 Å². The van der Waals surface area contributed by atoms with Crippen molar-refractivity contribution in [3.8, 4) is 6.07 Å². The predicted octanol–water partition coefficient (Wildman–Crippen LogP) is 3.41. The molecule has 2 heteroatoms. The summed E-state index contributed by atoms with van der Waals surface area (Å²) in [5.74, 6) is 0.588. The fourth-order valence-corrected chi connectivity index (χ4v) is 1.48. The second-order valence-electron chi connectivity index (χ2n) is 3.52. The van der Waals surface area contributed by atoms with Gasteiger partial charge in [-0.05, 0) is 30.0 Å². The van der Waals surface area contributed by atoms with Gasteiger partial charge < -0.3 is 0 Å². The molecule has 0 N–H and O–H groups in total. The standard InChI is InChI=1S/C11H12ClN/c1-8(2)5-10-4-3-9(7-13)6-11(10)12/h3-4,6,8H,5H2,1-2H3. The van der Waals surface area contributed by atoms with Gasteiger partial charge in [0.2, 0.25) is 0 Å². The van der Waals surface area contributed by atoms with E-state index in [9.17, 15) is 0 Å². The molecule has 0 heterocycles. The van der Waals surface area contributed by atoms with Crippen LogP contribution in [0.25, 0.3) is 0 Å². The van der Waals surface area contributed by atoms with Crippen LogP contribution in [0.3, 0.4) is 0 Å². The number of benzene rings is 1. The fraction of sp³-hybridized carbons (Fsp3) is 0.364. The van der Waals surface area contributed by atoms with E-state index in [1.165, 1.54) is 0 Å². The van der Waals surface area contributed by atoms with Crippen LogP contribution >= 0.6 is 11.6 Å². The zero-order valence-electron chi connectivity index (χ0n) is 7.84. The molecule has 13 heavy (non-hydrogen) atoms. The minimum Gasteiger partial charge on any atom is -0.192 e. The quantitative estimate of drug-likeness (QED) is 0.706. The average molecular weight is 194 g/mol. The summed E-state index contributed by atoms with van der Waals surface area (Å²) in [5.41, 5.74) is 1.74. The smallest absolute Gasteiger partial charge is 0.0992 e. The van der Waals surface area contributed by atoms with Crippen LogP contribution in [0.1, 0.15) is 25.0 Å². The molecule has 0 spiro atoms. The lowest BCUT2D eigenvalue weighted by atomic mass is 10.0. The van der Waals surface area contributed by atoms with Crippen LogP contribution in [0.15, 0.2) is 18.2 Å². The van der Waals surface area contributed by atoms with Crippen LogP contribution in [-0.4, -0.2) is 0 Å². The maximum atomic E-state index is 8.63. The first kappa shape index (κ1) is 10.1. The van der Waals surface area contributed by atoms with E-state index in [2.05, 4.69) is 19.9 Å². The Hall–Kier alpha value is -1.00. The van der Waals surface area contributed by atoms with Crippen molar-refractivity contribution in [1.82, 2.24) is 0 Å². The fourth-order valence-electron chi connectivity index (χ4n) is 1.22. The zero-order valence-corrected chi connectivity index (χ0v) is 8.60. The summed E-state index contributed by atoms with van der Waals surface area (Å²) in [7, 11) is 0. The highest BCUT2D eigenvalue weighted by Gasteiger charge is 2.03. The van der Waals surface area contributed by atoms with E-state index in [1.807, 2.05) is 12.1 Å². The molecule has 68 valence electrons. The molecule has 0 fully saturated rings. The van der Waals surface area contributed by atoms with Gasteiger partial charge in [-0.2, -0.15) is 5.26 Å². The summed E-state index contributed by atoms with van der Waals surface area (Å²) in [6, 6.07) is 7.53. The molecule has 0 atom stereocenters. The van der Waals surface area contributed by atoms with Crippen molar-refractivity contribution in [3.05, 3.63) is 34.3 Å². The summed E-state index contributed by atoms with van der Waals surface area (Å²) in [6.07, 6.45) is 0.963. The van der Waals surface area contributed by atoms with Gasteiger partial charge in [-0.1, -0.05) is 31.5 Å². The molecule has 1 rings (SSSR count). The molecule has 1 nitrogen and oxygen atoms in total. The lowest BCUT2D eigenvalue weighted by Gasteiger charge is -2.06. The largest absolute Gasteiger partial charge is 0.192 e. The van der Waals surface area contributed by atoms with Crippen molar-refractivity contribution in [3.63, 3.8) is 0 Å². The molecule has 0 amide bonds. The molecular formula is C11H12ClN. The summed E-state index contributed by atoms with van der Waals surface area (Å²) in [4.78, 5) is 0. The molecule has 0 aliphatic carbocycles. The van der Waals surface area contributed by atoms with Crippen molar-refractivity contribution in [2.75, 3.05) is 0 Å². The van der Waals surface area contributed by atoms with Crippen LogP contribution < -0.4 is 0 Å². The Labute approximate surface area is 84.0 Å². The number of halogens is 1. The predicted molar refractivity (Wildman–Crippen MR) is 54.7 cm³/mol. The molecule has 0 saturated heterocycles. The van der Waals surface area contributed by atoms with Gasteiger partial charge >= 0.3 is 0 Å². The van der Waals surface area contributed by atoms with Gasteiger partial charge in [-0.3, -0.25) is 0 Å². The van der Waals surface area contributed by atoms with E-state index in [4.69, 9.17) is 16.9 Å².